The van der Waals surface area contributed by atoms with Crippen molar-refractivity contribution in [2.75, 3.05) is 18.4 Å². The van der Waals surface area contributed by atoms with Crippen LogP contribution >= 0.6 is 27.5 Å². The van der Waals surface area contributed by atoms with Crippen molar-refractivity contribution in [2.45, 2.75) is 12.5 Å². The van der Waals surface area contributed by atoms with Gasteiger partial charge in [0.1, 0.15) is 11.9 Å². The fourth-order valence-electron chi connectivity index (χ4n) is 3.32. The van der Waals surface area contributed by atoms with Gasteiger partial charge in [-0.2, -0.15) is 5.10 Å². The number of amides is 1. The fraction of sp³-hybridized carbons (Fsp3) is 0.238. The monoisotopic (exact) mass is 474 g/mol. The van der Waals surface area contributed by atoms with Crippen molar-refractivity contribution in [3.8, 4) is 17.0 Å². The number of aromatic nitrogens is 2. The van der Waals surface area contributed by atoms with Crippen molar-refractivity contribution in [2.24, 2.45) is 7.05 Å². The SMILES string of the molecule is Cn1ncc(Br)c1-c1cc(NC(=O)c2ccc(Cl)cc2)ccc1O[C@@H]1CCNC1. The summed E-state index contributed by atoms with van der Waals surface area (Å²) in [5.74, 6) is 0.554. The quantitative estimate of drug-likeness (QED) is 0.570. The maximum Gasteiger partial charge on any atom is 0.255 e. The molecule has 1 atom stereocenters. The molecule has 8 heteroatoms. The number of halogens is 2. The molecule has 150 valence electrons. The Morgan fingerprint density at radius 3 is 2.76 bits per heavy atom. The Hall–Kier alpha value is -2.35. The van der Waals surface area contributed by atoms with Crippen LogP contribution in [0.25, 0.3) is 11.3 Å². The summed E-state index contributed by atoms with van der Waals surface area (Å²) in [5.41, 5.74) is 2.95. The number of carbonyl (C=O) groups is 1. The van der Waals surface area contributed by atoms with Gasteiger partial charge in [0.2, 0.25) is 0 Å². The average Bonchev–Trinajstić information content (AvgIpc) is 3.33. The first-order chi connectivity index (χ1) is 14.0. The van der Waals surface area contributed by atoms with Crippen LogP contribution < -0.4 is 15.4 Å². The highest BCUT2D eigenvalue weighted by Gasteiger charge is 2.21. The van der Waals surface area contributed by atoms with Crippen LogP contribution in [0.3, 0.4) is 0 Å². The molecule has 1 aliphatic heterocycles. The van der Waals surface area contributed by atoms with Gasteiger partial charge in [0.15, 0.2) is 0 Å². The van der Waals surface area contributed by atoms with Gasteiger partial charge in [-0.05, 0) is 71.4 Å². The van der Waals surface area contributed by atoms with Gasteiger partial charge in [-0.3, -0.25) is 9.48 Å². The zero-order valence-corrected chi connectivity index (χ0v) is 18.1. The number of ether oxygens (including phenoxy) is 1. The van der Waals surface area contributed by atoms with E-state index in [1.807, 2.05) is 25.2 Å². The predicted molar refractivity (Wildman–Crippen MR) is 118 cm³/mol. The van der Waals surface area contributed by atoms with E-state index in [1.165, 1.54) is 0 Å². The molecular formula is C21H20BrClN4O2. The first-order valence-corrected chi connectivity index (χ1v) is 10.4. The van der Waals surface area contributed by atoms with Crippen molar-refractivity contribution in [3.63, 3.8) is 0 Å². The molecule has 0 unspecified atom stereocenters. The second-order valence-electron chi connectivity index (χ2n) is 6.87. The first-order valence-electron chi connectivity index (χ1n) is 9.27. The van der Waals surface area contributed by atoms with E-state index in [4.69, 9.17) is 16.3 Å². The van der Waals surface area contributed by atoms with E-state index in [1.54, 1.807) is 35.1 Å². The molecule has 3 aromatic rings. The Morgan fingerprint density at radius 1 is 1.31 bits per heavy atom. The number of nitrogens with zero attached hydrogens (tertiary/aromatic N) is 2. The summed E-state index contributed by atoms with van der Waals surface area (Å²) in [4.78, 5) is 12.6. The van der Waals surface area contributed by atoms with Crippen molar-refractivity contribution < 1.29 is 9.53 Å². The van der Waals surface area contributed by atoms with Gasteiger partial charge >= 0.3 is 0 Å². The molecule has 1 amide bonds. The van der Waals surface area contributed by atoms with Crippen LogP contribution in [-0.4, -0.2) is 34.9 Å². The van der Waals surface area contributed by atoms with E-state index in [0.717, 1.165) is 41.0 Å². The molecular weight excluding hydrogens is 456 g/mol. The third-order valence-corrected chi connectivity index (χ3v) is 5.63. The van der Waals surface area contributed by atoms with Gasteiger partial charge in [-0.1, -0.05) is 11.6 Å². The van der Waals surface area contributed by atoms with Gasteiger partial charge in [0.25, 0.3) is 5.91 Å². The summed E-state index contributed by atoms with van der Waals surface area (Å²) in [6, 6.07) is 12.4. The third kappa shape index (κ3) is 4.47. The Labute approximate surface area is 182 Å². The lowest BCUT2D eigenvalue weighted by atomic mass is 10.1. The smallest absolute Gasteiger partial charge is 0.255 e. The molecule has 29 heavy (non-hydrogen) atoms. The van der Waals surface area contributed by atoms with Crippen LogP contribution in [0.15, 0.2) is 53.1 Å². The fourth-order valence-corrected chi connectivity index (χ4v) is 4.01. The van der Waals surface area contributed by atoms with Gasteiger partial charge in [0.05, 0.1) is 16.4 Å². The number of carbonyl (C=O) groups excluding carboxylic acids is 1. The van der Waals surface area contributed by atoms with Crippen molar-refractivity contribution in [1.29, 1.82) is 0 Å². The van der Waals surface area contributed by atoms with E-state index < -0.39 is 0 Å². The molecule has 2 N–H and O–H groups in total. The molecule has 1 aliphatic rings. The van der Waals surface area contributed by atoms with E-state index in [9.17, 15) is 4.79 Å². The summed E-state index contributed by atoms with van der Waals surface area (Å²) >= 11 is 9.48. The lowest BCUT2D eigenvalue weighted by Crippen LogP contribution is -2.20. The van der Waals surface area contributed by atoms with Crippen LogP contribution in [0.5, 0.6) is 5.75 Å². The molecule has 1 aromatic heterocycles. The highest BCUT2D eigenvalue weighted by molar-refractivity contribution is 9.10. The predicted octanol–water partition coefficient (Wildman–Crippen LogP) is 4.50. The molecule has 1 saturated heterocycles. The molecule has 0 radical (unpaired) electrons. The molecule has 2 heterocycles. The minimum atomic E-state index is -0.203. The maximum atomic E-state index is 12.6. The molecule has 0 bridgehead atoms. The number of hydrogen-bond donors (Lipinski definition) is 2. The normalized spacial score (nSPS) is 16.0. The van der Waals surface area contributed by atoms with Crippen molar-refractivity contribution >= 4 is 39.1 Å². The zero-order chi connectivity index (χ0) is 20.4. The van der Waals surface area contributed by atoms with E-state index in [-0.39, 0.29) is 12.0 Å². The minimum Gasteiger partial charge on any atom is -0.488 e. The molecule has 6 nitrogen and oxygen atoms in total. The third-order valence-electron chi connectivity index (χ3n) is 4.80. The molecule has 1 fully saturated rings. The molecule has 2 aromatic carbocycles. The number of hydrogen-bond acceptors (Lipinski definition) is 4. The van der Waals surface area contributed by atoms with E-state index in [0.29, 0.717) is 16.3 Å². The van der Waals surface area contributed by atoms with Crippen LogP contribution in [-0.2, 0) is 7.05 Å². The van der Waals surface area contributed by atoms with Crippen molar-refractivity contribution in [1.82, 2.24) is 15.1 Å². The van der Waals surface area contributed by atoms with Crippen LogP contribution in [0.4, 0.5) is 5.69 Å². The summed E-state index contributed by atoms with van der Waals surface area (Å²) in [6.07, 6.45) is 2.83. The summed E-state index contributed by atoms with van der Waals surface area (Å²) in [5, 5.41) is 11.2. The second kappa shape index (κ2) is 8.57. The first kappa shape index (κ1) is 19.9. The number of rotatable bonds is 5. The summed E-state index contributed by atoms with van der Waals surface area (Å²) in [6.45, 7) is 1.77. The number of benzene rings is 2. The van der Waals surface area contributed by atoms with E-state index in [2.05, 4.69) is 31.7 Å². The number of aryl methyl sites for hydroxylation is 1. The average molecular weight is 476 g/mol. The largest absolute Gasteiger partial charge is 0.488 e. The van der Waals surface area contributed by atoms with Crippen LogP contribution in [0.1, 0.15) is 16.8 Å². The summed E-state index contributed by atoms with van der Waals surface area (Å²) < 4.78 is 8.88. The lowest BCUT2D eigenvalue weighted by Gasteiger charge is -2.18. The molecule has 0 saturated carbocycles. The second-order valence-corrected chi connectivity index (χ2v) is 8.16. The molecule has 0 spiro atoms. The van der Waals surface area contributed by atoms with Gasteiger partial charge < -0.3 is 15.4 Å². The lowest BCUT2D eigenvalue weighted by molar-refractivity contribution is 0.102. The number of nitrogens with one attached hydrogen (secondary N) is 2. The van der Waals surface area contributed by atoms with Crippen LogP contribution in [0, 0.1) is 0 Å². The standard InChI is InChI=1S/C21H20BrClN4O2/c1-27-20(18(22)12-25-27)17-10-15(6-7-19(17)29-16-8-9-24-11-16)26-21(28)13-2-4-14(23)5-3-13/h2-7,10,12,16,24H,8-9,11H2,1H3,(H,26,28)/t16-/m1/s1. The Bertz CT molecular complexity index is 1010. The Balaban J connectivity index is 1.66. The zero-order valence-electron chi connectivity index (χ0n) is 15.8. The van der Waals surface area contributed by atoms with Gasteiger partial charge in [0, 0.05) is 35.4 Å². The van der Waals surface area contributed by atoms with Gasteiger partial charge in [-0.25, -0.2) is 0 Å². The molecule has 0 aliphatic carbocycles. The van der Waals surface area contributed by atoms with Gasteiger partial charge in [-0.15, -0.1) is 0 Å². The molecule has 4 rings (SSSR count). The minimum absolute atomic E-state index is 0.121. The van der Waals surface area contributed by atoms with E-state index >= 15 is 0 Å². The Kier molecular flexibility index (Phi) is 5.89. The van der Waals surface area contributed by atoms with Crippen LogP contribution in [0.2, 0.25) is 5.02 Å². The summed E-state index contributed by atoms with van der Waals surface area (Å²) in [7, 11) is 1.87. The number of anilines is 1. The topological polar surface area (TPSA) is 68.2 Å². The maximum absolute atomic E-state index is 12.6. The Morgan fingerprint density at radius 2 is 2.10 bits per heavy atom. The highest BCUT2D eigenvalue weighted by atomic mass is 79.9. The van der Waals surface area contributed by atoms with Crippen molar-refractivity contribution in [3.05, 3.63) is 63.7 Å². The highest BCUT2D eigenvalue weighted by Crippen LogP contribution is 2.37.